The molecule has 1 saturated heterocycles. The molecular weight excluding hydrogens is 703 g/mol. The van der Waals surface area contributed by atoms with Crippen molar-refractivity contribution in [2.24, 2.45) is 22.7 Å². The van der Waals surface area contributed by atoms with Crippen LogP contribution in [-0.4, -0.2) is 90.7 Å². The molecule has 4 fully saturated rings. The van der Waals surface area contributed by atoms with Crippen LogP contribution in [0.25, 0.3) is 0 Å². The molecule has 0 aromatic heterocycles. The molecule has 1 unspecified atom stereocenters. The third-order valence-electron chi connectivity index (χ3n) is 13.5. The van der Waals surface area contributed by atoms with Crippen LogP contribution in [0.1, 0.15) is 151 Å². The summed E-state index contributed by atoms with van der Waals surface area (Å²) in [6.45, 7) is 18.2. The Balaban J connectivity index is 1.60. The van der Waals surface area contributed by atoms with Crippen molar-refractivity contribution in [2.45, 2.75) is 180 Å². The van der Waals surface area contributed by atoms with E-state index in [0.29, 0.717) is 32.4 Å². The lowest BCUT2D eigenvalue weighted by Crippen LogP contribution is -2.62. The van der Waals surface area contributed by atoms with Gasteiger partial charge in [-0.2, -0.15) is 0 Å². The predicted molar refractivity (Wildman–Crippen MR) is 215 cm³/mol. The maximum Gasteiger partial charge on any atom is 0.246 e. The number of unbranched alkanes of at least 4 members (excludes halogenated alkanes) is 1. The fourth-order valence-corrected chi connectivity index (χ4v) is 11.4. The van der Waals surface area contributed by atoms with Crippen LogP contribution >= 0.6 is 0 Å². The Kier molecular flexibility index (Phi) is 14.9. The van der Waals surface area contributed by atoms with Crippen molar-refractivity contribution in [1.82, 2.24) is 26.2 Å². The van der Waals surface area contributed by atoms with E-state index in [9.17, 15) is 22.8 Å². The number of carbonyl (C=O) groups excluding carboxylic acids is 4. The topological polar surface area (TPSA) is 154 Å². The Morgan fingerprint density at radius 2 is 1.54 bits per heavy atom. The van der Waals surface area contributed by atoms with Crippen LogP contribution in [0.15, 0.2) is 12.7 Å². The Hall–Kier alpha value is -2.47. The van der Waals surface area contributed by atoms with E-state index in [2.05, 4.69) is 55.5 Å². The largest absolute Gasteiger partial charge is 0.353 e. The lowest BCUT2D eigenvalue weighted by atomic mass is 9.70. The van der Waals surface area contributed by atoms with Gasteiger partial charge >= 0.3 is 0 Å². The molecule has 0 aromatic carbocycles. The van der Waals surface area contributed by atoms with E-state index in [1.54, 1.807) is 31.7 Å². The molecule has 3 aliphatic carbocycles. The van der Waals surface area contributed by atoms with Crippen LogP contribution in [0.3, 0.4) is 0 Å². The average molecular weight is 776 g/mol. The minimum Gasteiger partial charge on any atom is -0.353 e. The normalized spacial score (nSPS) is 25.9. The Morgan fingerprint density at radius 3 is 2.13 bits per heavy atom. The van der Waals surface area contributed by atoms with E-state index in [0.717, 1.165) is 77.0 Å². The smallest absolute Gasteiger partial charge is 0.246 e. The maximum absolute atomic E-state index is 15.1. The van der Waals surface area contributed by atoms with E-state index >= 15 is 4.79 Å². The summed E-state index contributed by atoms with van der Waals surface area (Å²) in [6.07, 6.45) is 14.7. The molecule has 12 heteroatoms. The van der Waals surface area contributed by atoms with Crippen LogP contribution in [0.2, 0.25) is 0 Å². The van der Waals surface area contributed by atoms with Gasteiger partial charge in [-0.3, -0.25) is 19.2 Å². The predicted octanol–water partition coefficient (Wildman–Crippen LogP) is 5.58. The summed E-state index contributed by atoms with van der Waals surface area (Å²) in [5.41, 5.74) is -1.25. The minimum absolute atomic E-state index is 0.0153. The van der Waals surface area contributed by atoms with Gasteiger partial charge in [0.25, 0.3) is 0 Å². The molecule has 11 nitrogen and oxygen atoms in total. The lowest BCUT2D eigenvalue weighted by molar-refractivity contribution is -0.146. The fourth-order valence-electron chi connectivity index (χ4n) is 9.84. The van der Waals surface area contributed by atoms with Gasteiger partial charge in [-0.25, -0.2) is 8.42 Å². The van der Waals surface area contributed by atoms with E-state index in [-0.39, 0.29) is 65.6 Å². The first kappa shape index (κ1) is 44.2. The SMILES string of the molecule is C=CCNC(=O)CC(CCCC)NC(=O)[C@@H]1[C@H]2CCC(C)(C)[C@H]2CN1C(=O)[C@@H](NC(=O)CNC1(CS(=O)(=O)C(C)(C)C)CCCCC1)C1(C)CCCCC1. The summed E-state index contributed by atoms with van der Waals surface area (Å²) in [5, 5.41) is 12.6. The summed E-state index contributed by atoms with van der Waals surface area (Å²) in [7, 11) is -3.45. The summed E-state index contributed by atoms with van der Waals surface area (Å²) in [6, 6.07) is -1.88. The van der Waals surface area contributed by atoms with Gasteiger partial charge in [0.1, 0.15) is 12.1 Å². The molecule has 308 valence electrons. The van der Waals surface area contributed by atoms with E-state index < -0.39 is 37.6 Å². The van der Waals surface area contributed by atoms with E-state index in [1.807, 2.05) is 0 Å². The van der Waals surface area contributed by atoms with Crippen molar-refractivity contribution in [3.8, 4) is 0 Å². The van der Waals surface area contributed by atoms with Crippen LogP contribution in [-0.2, 0) is 29.0 Å². The highest BCUT2D eigenvalue weighted by molar-refractivity contribution is 7.92. The number of hydrogen-bond acceptors (Lipinski definition) is 7. The van der Waals surface area contributed by atoms with Gasteiger partial charge in [0.15, 0.2) is 9.84 Å². The minimum atomic E-state index is -3.45. The zero-order valence-electron chi connectivity index (χ0n) is 34.6. The van der Waals surface area contributed by atoms with E-state index in [4.69, 9.17) is 0 Å². The number of nitrogens with zero attached hydrogens (tertiary/aromatic N) is 1. The maximum atomic E-state index is 15.1. The number of likely N-dealkylation sites (tertiary alicyclic amines) is 1. The van der Waals surface area contributed by atoms with Crippen LogP contribution in [0, 0.1) is 22.7 Å². The second kappa shape index (κ2) is 18.2. The van der Waals surface area contributed by atoms with Crippen molar-refractivity contribution in [3.63, 3.8) is 0 Å². The molecule has 0 aromatic rings. The third kappa shape index (κ3) is 10.7. The number of sulfone groups is 1. The molecule has 1 heterocycles. The molecule has 5 atom stereocenters. The van der Waals surface area contributed by atoms with Gasteiger partial charge in [-0.05, 0) is 88.4 Å². The molecular formula is C42H73N5O6S. The number of fused-ring (bicyclic) bond motifs is 1. The first-order valence-corrected chi connectivity index (χ1v) is 22.7. The van der Waals surface area contributed by atoms with Gasteiger partial charge in [-0.1, -0.05) is 85.1 Å². The van der Waals surface area contributed by atoms with Gasteiger partial charge in [0.05, 0.1) is 17.0 Å². The Morgan fingerprint density at radius 1 is 0.907 bits per heavy atom. The van der Waals surface area contributed by atoms with Crippen molar-refractivity contribution >= 4 is 33.5 Å². The highest BCUT2D eigenvalue weighted by Crippen LogP contribution is 2.53. The Bertz CT molecular complexity index is 1440. The van der Waals surface area contributed by atoms with Crippen molar-refractivity contribution < 1.29 is 27.6 Å². The summed E-state index contributed by atoms with van der Waals surface area (Å²) in [4.78, 5) is 58.2. The van der Waals surface area contributed by atoms with Crippen LogP contribution in [0.4, 0.5) is 0 Å². The Labute approximate surface area is 326 Å². The van der Waals surface area contributed by atoms with Crippen molar-refractivity contribution in [2.75, 3.05) is 25.4 Å². The molecule has 4 amide bonds. The second-order valence-electron chi connectivity index (χ2n) is 19.2. The number of nitrogens with one attached hydrogen (secondary N) is 4. The lowest BCUT2D eigenvalue weighted by Gasteiger charge is -2.43. The number of hydrogen-bond donors (Lipinski definition) is 4. The van der Waals surface area contributed by atoms with E-state index in [1.165, 1.54) is 0 Å². The molecule has 54 heavy (non-hydrogen) atoms. The highest BCUT2D eigenvalue weighted by Gasteiger charge is 2.58. The van der Waals surface area contributed by atoms with Gasteiger partial charge in [-0.15, -0.1) is 6.58 Å². The second-order valence-corrected chi connectivity index (χ2v) is 21.9. The van der Waals surface area contributed by atoms with Gasteiger partial charge in [0, 0.05) is 31.1 Å². The number of rotatable bonds is 17. The third-order valence-corrected chi connectivity index (χ3v) is 16.3. The summed E-state index contributed by atoms with van der Waals surface area (Å²) >= 11 is 0. The molecule has 0 radical (unpaired) electrons. The standard InChI is InChI=1S/C42H73N5O6S/c1-9-11-18-30(26-33(48)43-25-10-2)45-37(50)35-31-19-24-40(6,7)32(31)28-47(35)38(51)36(41(8)20-14-12-15-21-41)46-34(49)27-44-42(22-16-13-17-23-42)29-54(52,53)39(3,4)5/h10,30-32,35-36,44H,2,9,11-29H2,1,3-8H3,(H,43,48)(H,45,50)(H,46,49)/t30?,31-,32-,35-,36+/m0/s1. The van der Waals surface area contributed by atoms with Crippen molar-refractivity contribution in [1.29, 1.82) is 0 Å². The van der Waals surface area contributed by atoms with Gasteiger partial charge < -0.3 is 26.2 Å². The summed E-state index contributed by atoms with van der Waals surface area (Å²) < 4.78 is 25.9. The zero-order valence-corrected chi connectivity index (χ0v) is 35.4. The molecule has 0 spiro atoms. The van der Waals surface area contributed by atoms with Crippen LogP contribution in [0.5, 0.6) is 0 Å². The number of amides is 4. The molecule has 0 bridgehead atoms. The molecule has 4 N–H and O–H groups in total. The highest BCUT2D eigenvalue weighted by atomic mass is 32.2. The monoisotopic (exact) mass is 776 g/mol. The fraction of sp³-hybridized carbons (Fsp3) is 0.857. The first-order valence-electron chi connectivity index (χ1n) is 21.0. The molecule has 1 aliphatic heterocycles. The number of carbonyl (C=O) groups is 4. The summed E-state index contributed by atoms with van der Waals surface area (Å²) in [5.74, 6) is -0.823. The molecule has 4 rings (SSSR count). The average Bonchev–Trinajstić information content (AvgIpc) is 3.64. The zero-order chi connectivity index (χ0) is 40.0. The van der Waals surface area contributed by atoms with Crippen molar-refractivity contribution in [3.05, 3.63) is 12.7 Å². The first-order chi connectivity index (χ1) is 25.3. The molecule has 3 saturated carbocycles. The van der Waals surface area contributed by atoms with Gasteiger partial charge in [0.2, 0.25) is 23.6 Å². The van der Waals surface area contributed by atoms with Crippen LogP contribution < -0.4 is 21.3 Å². The quantitative estimate of drug-likeness (QED) is 0.141. The molecule has 4 aliphatic rings.